The van der Waals surface area contributed by atoms with Crippen LogP contribution >= 0.6 is 0 Å². The largest absolute Gasteiger partial charge is 0.351 e. The van der Waals surface area contributed by atoms with Gasteiger partial charge < -0.3 is 27.1 Å². The highest BCUT2D eigenvalue weighted by molar-refractivity contribution is 6.09. The summed E-state index contributed by atoms with van der Waals surface area (Å²) in [5.74, 6) is 0.444. The molecule has 180 valence electrons. The van der Waals surface area contributed by atoms with E-state index in [1.54, 1.807) is 6.92 Å². The zero-order valence-electron chi connectivity index (χ0n) is 20.1. The van der Waals surface area contributed by atoms with Gasteiger partial charge in [0.05, 0.1) is 6.04 Å². The van der Waals surface area contributed by atoms with Gasteiger partial charge in [-0.2, -0.15) is 0 Å². The molecule has 6 nitrogen and oxygen atoms in total. The SMILES string of the molecule is CC(=N)/C=C(\Nc1cccc(CN)c1)C(=O)Nc1cccc(C(NCC2CC2)c2ccccc2)c1. The number of carbonyl (C=O) groups excluding carboxylic acids is 1. The van der Waals surface area contributed by atoms with Crippen molar-refractivity contribution in [2.75, 3.05) is 17.2 Å². The highest BCUT2D eigenvalue weighted by Gasteiger charge is 2.23. The fourth-order valence-corrected chi connectivity index (χ4v) is 3.98. The molecule has 0 bridgehead atoms. The third kappa shape index (κ3) is 7.12. The van der Waals surface area contributed by atoms with Crippen molar-refractivity contribution < 1.29 is 4.79 Å². The fraction of sp³-hybridized carbons (Fsp3) is 0.241. The van der Waals surface area contributed by atoms with Crippen molar-refractivity contribution in [1.82, 2.24) is 5.32 Å². The minimum atomic E-state index is -0.311. The quantitative estimate of drug-likeness (QED) is 0.197. The van der Waals surface area contributed by atoms with Gasteiger partial charge >= 0.3 is 0 Å². The summed E-state index contributed by atoms with van der Waals surface area (Å²) in [5.41, 5.74) is 11.0. The van der Waals surface area contributed by atoms with E-state index in [9.17, 15) is 4.79 Å². The summed E-state index contributed by atoms with van der Waals surface area (Å²) in [6, 6.07) is 26.0. The molecule has 0 heterocycles. The first kappa shape index (κ1) is 24.4. The van der Waals surface area contributed by atoms with Crippen LogP contribution in [0.5, 0.6) is 0 Å². The standard InChI is InChI=1S/C29H33N5O/c1-20(31)15-27(33-25-11-5-7-22(16-25)18-30)29(35)34-26-12-6-10-24(17-26)28(32-19-21-13-14-21)23-8-3-2-4-9-23/h2-12,15-17,21,28,31-33H,13-14,18-19,30H2,1H3,(H,34,35)/b27-15-,31-20?. The Balaban J connectivity index is 1.54. The van der Waals surface area contributed by atoms with E-state index in [1.807, 2.05) is 48.5 Å². The van der Waals surface area contributed by atoms with Gasteiger partial charge in [-0.05, 0) is 79.3 Å². The van der Waals surface area contributed by atoms with E-state index < -0.39 is 0 Å². The molecule has 6 heteroatoms. The maximum absolute atomic E-state index is 13.2. The van der Waals surface area contributed by atoms with E-state index >= 15 is 0 Å². The molecule has 1 saturated carbocycles. The molecule has 1 fully saturated rings. The molecule has 35 heavy (non-hydrogen) atoms. The van der Waals surface area contributed by atoms with Gasteiger partial charge in [-0.15, -0.1) is 0 Å². The van der Waals surface area contributed by atoms with Crippen LogP contribution in [0, 0.1) is 11.3 Å². The lowest BCUT2D eigenvalue weighted by molar-refractivity contribution is -0.112. The number of benzene rings is 3. The van der Waals surface area contributed by atoms with E-state index in [-0.39, 0.29) is 17.7 Å². The van der Waals surface area contributed by atoms with Crippen LogP contribution in [-0.4, -0.2) is 18.2 Å². The lowest BCUT2D eigenvalue weighted by atomic mass is 9.98. The van der Waals surface area contributed by atoms with Crippen LogP contribution < -0.4 is 21.7 Å². The normalized spacial score (nSPS) is 14.3. The van der Waals surface area contributed by atoms with Crippen LogP contribution in [0.25, 0.3) is 0 Å². The number of nitrogens with two attached hydrogens (primary N) is 1. The van der Waals surface area contributed by atoms with Crippen molar-refractivity contribution >= 4 is 23.0 Å². The summed E-state index contributed by atoms with van der Waals surface area (Å²) in [7, 11) is 0. The molecule has 1 aliphatic rings. The average molecular weight is 468 g/mol. The van der Waals surface area contributed by atoms with Crippen molar-refractivity contribution in [3.05, 3.63) is 107 Å². The van der Waals surface area contributed by atoms with Gasteiger partial charge in [0, 0.05) is 23.6 Å². The summed E-state index contributed by atoms with van der Waals surface area (Å²) < 4.78 is 0. The first-order valence-corrected chi connectivity index (χ1v) is 12.0. The molecule has 3 aromatic rings. The first-order valence-electron chi connectivity index (χ1n) is 12.0. The minimum absolute atomic E-state index is 0.0459. The number of hydrogen-bond donors (Lipinski definition) is 5. The molecule has 0 aromatic heterocycles. The number of nitrogens with one attached hydrogen (secondary N) is 4. The second-order valence-electron chi connectivity index (χ2n) is 9.05. The van der Waals surface area contributed by atoms with Crippen LogP contribution in [0.4, 0.5) is 11.4 Å². The van der Waals surface area contributed by atoms with Gasteiger partial charge in [0.1, 0.15) is 5.70 Å². The number of amides is 1. The molecule has 4 rings (SSSR count). The van der Waals surface area contributed by atoms with E-state index in [1.165, 1.54) is 24.5 Å². The van der Waals surface area contributed by atoms with Crippen LogP contribution in [0.1, 0.15) is 42.5 Å². The van der Waals surface area contributed by atoms with Crippen LogP contribution in [0.2, 0.25) is 0 Å². The molecule has 0 spiro atoms. The van der Waals surface area contributed by atoms with E-state index in [4.69, 9.17) is 11.1 Å². The van der Waals surface area contributed by atoms with Gasteiger partial charge in [0.25, 0.3) is 5.91 Å². The lowest BCUT2D eigenvalue weighted by Crippen LogP contribution is -2.25. The predicted molar refractivity (Wildman–Crippen MR) is 144 cm³/mol. The Hall–Kier alpha value is -3.74. The summed E-state index contributed by atoms with van der Waals surface area (Å²) >= 11 is 0. The number of allylic oxidation sites excluding steroid dienone is 1. The van der Waals surface area contributed by atoms with Gasteiger partial charge in [-0.3, -0.25) is 4.79 Å². The van der Waals surface area contributed by atoms with Gasteiger partial charge in [-0.1, -0.05) is 54.6 Å². The summed E-state index contributed by atoms with van der Waals surface area (Å²) in [4.78, 5) is 13.2. The molecule has 0 saturated heterocycles. The lowest BCUT2D eigenvalue weighted by Gasteiger charge is -2.21. The molecular weight excluding hydrogens is 434 g/mol. The third-order valence-electron chi connectivity index (χ3n) is 5.97. The molecule has 6 N–H and O–H groups in total. The Bertz CT molecular complexity index is 1200. The van der Waals surface area contributed by atoms with Crippen molar-refractivity contribution in [2.45, 2.75) is 32.4 Å². The molecule has 1 unspecified atom stereocenters. The van der Waals surface area contributed by atoms with Crippen molar-refractivity contribution in [3.8, 4) is 0 Å². The molecule has 0 aliphatic heterocycles. The maximum Gasteiger partial charge on any atom is 0.272 e. The van der Waals surface area contributed by atoms with Crippen LogP contribution in [-0.2, 0) is 11.3 Å². The smallest absolute Gasteiger partial charge is 0.272 e. The number of anilines is 2. The third-order valence-corrected chi connectivity index (χ3v) is 5.97. The second-order valence-corrected chi connectivity index (χ2v) is 9.05. The number of hydrogen-bond acceptors (Lipinski definition) is 5. The predicted octanol–water partition coefficient (Wildman–Crippen LogP) is 5.21. The van der Waals surface area contributed by atoms with Crippen molar-refractivity contribution in [2.24, 2.45) is 11.7 Å². The zero-order valence-corrected chi connectivity index (χ0v) is 20.1. The Labute approximate surface area is 207 Å². The van der Waals surface area contributed by atoms with E-state index in [2.05, 4.69) is 46.3 Å². The highest BCUT2D eigenvalue weighted by atomic mass is 16.2. The highest BCUT2D eigenvalue weighted by Crippen LogP contribution is 2.30. The molecule has 0 radical (unpaired) electrons. The topological polar surface area (TPSA) is 103 Å². The van der Waals surface area contributed by atoms with Crippen LogP contribution in [0.3, 0.4) is 0 Å². The maximum atomic E-state index is 13.2. The second kappa shape index (κ2) is 11.6. The monoisotopic (exact) mass is 467 g/mol. The zero-order chi connectivity index (χ0) is 24.6. The Morgan fingerprint density at radius 1 is 0.971 bits per heavy atom. The molecule has 3 aromatic carbocycles. The van der Waals surface area contributed by atoms with Gasteiger partial charge in [0.15, 0.2) is 0 Å². The molecular formula is C29H33N5O. The summed E-state index contributed by atoms with van der Waals surface area (Å²) in [5, 5.41) is 17.8. The Morgan fingerprint density at radius 2 is 1.66 bits per heavy atom. The van der Waals surface area contributed by atoms with Gasteiger partial charge in [0.2, 0.25) is 0 Å². The molecule has 1 amide bonds. The van der Waals surface area contributed by atoms with Crippen LogP contribution in [0.15, 0.2) is 90.6 Å². The van der Waals surface area contributed by atoms with Crippen molar-refractivity contribution in [1.29, 1.82) is 5.41 Å². The number of carbonyl (C=O) groups is 1. The van der Waals surface area contributed by atoms with Gasteiger partial charge in [-0.25, -0.2) is 0 Å². The van der Waals surface area contributed by atoms with E-state index in [0.29, 0.717) is 17.9 Å². The molecule has 1 atom stereocenters. The van der Waals surface area contributed by atoms with E-state index in [0.717, 1.165) is 29.3 Å². The summed E-state index contributed by atoms with van der Waals surface area (Å²) in [6.07, 6.45) is 4.10. The first-order chi connectivity index (χ1) is 17.0. The Kier molecular flexibility index (Phi) is 8.08. The fourth-order valence-electron chi connectivity index (χ4n) is 3.98. The minimum Gasteiger partial charge on any atom is -0.351 e. The molecule has 1 aliphatic carbocycles. The average Bonchev–Trinajstić information content (AvgIpc) is 3.69. The Morgan fingerprint density at radius 3 is 2.34 bits per heavy atom. The van der Waals surface area contributed by atoms with Crippen molar-refractivity contribution in [3.63, 3.8) is 0 Å². The number of rotatable bonds is 11. The summed E-state index contributed by atoms with van der Waals surface area (Å²) in [6.45, 7) is 3.03.